The van der Waals surface area contributed by atoms with Crippen LogP contribution in [0.4, 0.5) is 0 Å². The molecule has 0 aliphatic carbocycles. The van der Waals surface area contributed by atoms with Crippen LogP contribution >= 0.6 is 0 Å². The van der Waals surface area contributed by atoms with Gasteiger partial charge in [-0.25, -0.2) is 0 Å². The van der Waals surface area contributed by atoms with Crippen molar-refractivity contribution in [2.75, 3.05) is 26.3 Å². The third-order valence-electron chi connectivity index (χ3n) is 2.51. The van der Waals surface area contributed by atoms with Crippen molar-refractivity contribution in [2.45, 2.75) is 26.0 Å². The number of aliphatic hydroxyl groups is 1. The van der Waals surface area contributed by atoms with E-state index in [2.05, 4.69) is 5.32 Å². The topological polar surface area (TPSA) is 78.9 Å². The van der Waals surface area contributed by atoms with Crippen LogP contribution < -0.4 is 5.32 Å². The number of aliphatic hydroxyl groups excluding tert-OH is 1. The molecule has 2 amide bonds. The minimum Gasteiger partial charge on any atom is -0.380 e. The van der Waals surface area contributed by atoms with Crippen LogP contribution in [0.25, 0.3) is 0 Å². The van der Waals surface area contributed by atoms with Crippen LogP contribution in [-0.2, 0) is 14.3 Å². The fourth-order valence-corrected chi connectivity index (χ4v) is 1.56. The number of nitrogens with zero attached hydrogens (tertiary/aromatic N) is 1. The number of ether oxygens (including phenoxy) is 1. The molecular formula is C12H20N2O4. The number of rotatable bonds is 8. The number of nitrogens with one attached hydrogen (secondary N) is 1. The van der Waals surface area contributed by atoms with Gasteiger partial charge in [-0.15, -0.1) is 0 Å². The number of carbonyl (C=O) groups is 2. The lowest BCUT2D eigenvalue weighted by Gasteiger charge is -2.19. The Bertz CT molecular complexity index is 317. The average molecular weight is 256 g/mol. The zero-order valence-electron chi connectivity index (χ0n) is 10.6. The Hall–Kier alpha value is -1.40. The molecule has 0 aromatic rings. The molecule has 1 aliphatic rings. The largest absolute Gasteiger partial charge is 0.380 e. The van der Waals surface area contributed by atoms with E-state index < -0.39 is 6.23 Å². The molecule has 1 aliphatic heterocycles. The molecule has 0 saturated carbocycles. The number of hydrogen-bond donors (Lipinski definition) is 2. The van der Waals surface area contributed by atoms with E-state index in [0.29, 0.717) is 19.8 Å². The number of amides is 2. The predicted molar refractivity (Wildman–Crippen MR) is 65.6 cm³/mol. The maximum absolute atomic E-state index is 11.4. The van der Waals surface area contributed by atoms with Gasteiger partial charge in [-0.05, 0) is 12.5 Å². The Morgan fingerprint density at radius 1 is 1.56 bits per heavy atom. The standard InChI is InChI=1S/C12H20N2O4/c1-2-8-18-9-6-13-10(15)5-7-14-11(16)3-4-12(14)17/h3-4,11,16H,2,5-9H2,1H3,(H,13,15). The fourth-order valence-electron chi connectivity index (χ4n) is 1.56. The van der Waals surface area contributed by atoms with Gasteiger partial charge in [0.25, 0.3) is 0 Å². The van der Waals surface area contributed by atoms with E-state index in [0.717, 1.165) is 6.42 Å². The van der Waals surface area contributed by atoms with Gasteiger partial charge >= 0.3 is 0 Å². The molecular weight excluding hydrogens is 236 g/mol. The summed E-state index contributed by atoms with van der Waals surface area (Å²) >= 11 is 0. The molecule has 0 aromatic heterocycles. The molecule has 0 spiro atoms. The van der Waals surface area contributed by atoms with Gasteiger partial charge in [-0.2, -0.15) is 0 Å². The maximum atomic E-state index is 11.4. The second-order valence-electron chi connectivity index (χ2n) is 4.02. The lowest BCUT2D eigenvalue weighted by molar-refractivity contribution is -0.131. The minimum atomic E-state index is -0.904. The van der Waals surface area contributed by atoms with Gasteiger partial charge in [0, 0.05) is 32.2 Å². The third kappa shape index (κ3) is 4.85. The van der Waals surface area contributed by atoms with Gasteiger partial charge < -0.3 is 20.1 Å². The Labute approximate surface area is 107 Å². The molecule has 0 bridgehead atoms. The molecule has 1 rings (SSSR count). The van der Waals surface area contributed by atoms with E-state index in [1.807, 2.05) is 6.92 Å². The quantitative estimate of drug-likeness (QED) is 0.581. The van der Waals surface area contributed by atoms with E-state index in [4.69, 9.17) is 4.74 Å². The van der Waals surface area contributed by atoms with Crippen LogP contribution in [0.15, 0.2) is 12.2 Å². The third-order valence-corrected chi connectivity index (χ3v) is 2.51. The molecule has 1 heterocycles. The molecule has 6 heteroatoms. The predicted octanol–water partition coefficient (Wildman–Crippen LogP) is -0.364. The number of carbonyl (C=O) groups excluding carboxylic acids is 2. The SMILES string of the molecule is CCCOCCNC(=O)CCN1C(=O)C=CC1O. The first-order chi connectivity index (χ1) is 8.65. The average Bonchev–Trinajstić information content (AvgIpc) is 2.66. The summed E-state index contributed by atoms with van der Waals surface area (Å²) in [7, 11) is 0. The molecule has 6 nitrogen and oxygen atoms in total. The second kappa shape index (κ2) is 7.84. The van der Waals surface area contributed by atoms with Gasteiger partial charge in [0.1, 0.15) is 6.23 Å². The van der Waals surface area contributed by atoms with E-state index in [-0.39, 0.29) is 24.8 Å². The van der Waals surface area contributed by atoms with E-state index in [9.17, 15) is 14.7 Å². The Kier molecular flexibility index (Phi) is 6.38. The number of hydrogen-bond acceptors (Lipinski definition) is 4. The summed E-state index contributed by atoms with van der Waals surface area (Å²) in [6.45, 7) is 3.88. The maximum Gasteiger partial charge on any atom is 0.248 e. The lowest BCUT2D eigenvalue weighted by atomic mass is 10.3. The molecule has 1 unspecified atom stereocenters. The smallest absolute Gasteiger partial charge is 0.248 e. The summed E-state index contributed by atoms with van der Waals surface area (Å²) in [4.78, 5) is 23.9. The molecule has 0 aromatic carbocycles. The molecule has 18 heavy (non-hydrogen) atoms. The minimum absolute atomic E-state index is 0.151. The Balaban J connectivity index is 2.08. The summed E-state index contributed by atoms with van der Waals surface area (Å²) in [5, 5.41) is 12.1. The van der Waals surface area contributed by atoms with Gasteiger partial charge in [0.15, 0.2) is 0 Å². The highest BCUT2D eigenvalue weighted by atomic mass is 16.5. The summed E-state index contributed by atoms with van der Waals surface area (Å²) in [6, 6.07) is 0. The van der Waals surface area contributed by atoms with Gasteiger partial charge in [-0.1, -0.05) is 6.92 Å². The zero-order chi connectivity index (χ0) is 13.4. The van der Waals surface area contributed by atoms with Gasteiger partial charge in [-0.3, -0.25) is 9.59 Å². The molecule has 1 atom stereocenters. The monoisotopic (exact) mass is 256 g/mol. The van der Waals surface area contributed by atoms with Crippen LogP contribution in [0, 0.1) is 0 Å². The van der Waals surface area contributed by atoms with Crippen LogP contribution in [0.1, 0.15) is 19.8 Å². The zero-order valence-corrected chi connectivity index (χ0v) is 10.6. The Morgan fingerprint density at radius 3 is 2.94 bits per heavy atom. The van der Waals surface area contributed by atoms with Crippen molar-refractivity contribution < 1.29 is 19.4 Å². The first-order valence-electron chi connectivity index (χ1n) is 6.16. The van der Waals surface area contributed by atoms with Crippen molar-refractivity contribution in [2.24, 2.45) is 0 Å². The van der Waals surface area contributed by atoms with Crippen LogP contribution in [0.3, 0.4) is 0 Å². The van der Waals surface area contributed by atoms with Crippen LogP contribution in [0.2, 0.25) is 0 Å². The highest BCUT2D eigenvalue weighted by molar-refractivity contribution is 5.90. The van der Waals surface area contributed by atoms with E-state index >= 15 is 0 Å². The van der Waals surface area contributed by atoms with Crippen molar-refractivity contribution in [3.8, 4) is 0 Å². The van der Waals surface area contributed by atoms with Crippen molar-refractivity contribution in [1.82, 2.24) is 10.2 Å². The lowest BCUT2D eigenvalue weighted by Crippen LogP contribution is -2.37. The van der Waals surface area contributed by atoms with Crippen molar-refractivity contribution in [3.63, 3.8) is 0 Å². The fraction of sp³-hybridized carbons (Fsp3) is 0.667. The summed E-state index contributed by atoms with van der Waals surface area (Å²) in [5.74, 6) is -0.413. The molecule has 0 radical (unpaired) electrons. The van der Waals surface area contributed by atoms with Gasteiger partial charge in [0.05, 0.1) is 6.61 Å². The second-order valence-corrected chi connectivity index (χ2v) is 4.02. The van der Waals surface area contributed by atoms with Crippen molar-refractivity contribution >= 4 is 11.8 Å². The first-order valence-corrected chi connectivity index (χ1v) is 6.16. The van der Waals surface area contributed by atoms with Crippen LogP contribution in [0.5, 0.6) is 0 Å². The van der Waals surface area contributed by atoms with Gasteiger partial charge in [0.2, 0.25) is 11.8 Å². The van der Waals surface area contributed by atoms with Crippen LogP contribution in [-0.4, -0.2) is 54.4 Å². The van der Waals surface area contributed by atoms with E-state index in [1.165, 1.54) is 17.1 Å². The highest BCUT2D eigenvalue weighted by Gasteiger charge is 2.23. The highest BCUT2D eigenvalue weighted by Crippen LogP contribution is 2.08. The summed E-state index contributed by atoms with van der Waals surface area (Å²) in [5.41, 5.74) is 0. The summed E-state index contributed by atoms with van der Waals surface area (Å²) in [6.07, 6.45) is 2.94. The molecule has 0 saturated heterocycles. The first kappa shape index (κ1) is 14.7. The normalized spacial score (nSPS) is 18.4. The van der Waals surface area contributed by atoms with Crippen molar-refractivity contribution in [3.05, 3.63) is 12.2 Å². The Morgan fingerprint density at radius 2 is 2.33 bits per heavy atom. The summed E-state index contributed by atoms with van der Waals surface area (Å²) < 4.78 is 5.22. The van der Waals surface area contributed by atoms with Crippen molar-refractivity contribution in [1.29, 1.82) is 0 Å². The molecule has 0 fully saturated rings. The van der Waals surface area contributed by atoms with E-state index in [1.54, 1.807) is 0 Å². The molecule has 2 N–H and O–H groups in total. The molecule has 102 valence electrons.